The largest absolute Gasteiger partial charge is 0.401 e. The standard InChI is InChI=1S/C28H41NO5SSi/c1-20(2)36(21(3)4,22(5)6)34-27(15-11-14-26(30)24-12-9-8-10-13-24)28(31)29-35(32,33)25-18-16-23(7)17-19-25/h8-13,15-22,26-27,30H,14H2,1-7H3,(H,29,31)/b15-11-/t26-,27+/m1/s1. The number of aliphatic hydroxyl groups excluding tert-OH is 1. The summed E-state index contributed by atoms with van der Waals surface area (Å²) in [5, 5.41) is 10.5. The summed E-state index contributed by atoms with van der Waals surface area (Å²) in [6, 6.07) is 15.6. The van der Waals surface area contributed by atoms with Crippen LogP contribution in [0.3, 0.4) is 0 Å². The third kappa shape index (κ3) is 7.38. The minimum absolute atomic E-state index is 0.0174. The molecular weight excluding hydrogens is 490 g/mol. The Morgan fingerprint density at radius 3 is 1.97 bits per heavy atom. The minimum Gasteiger partial charge on any atom is -0.401 e. The Morgan fingerprint density at radius 2 is 1.47 bits per heavy atom. The van der Waals surface area contributed by atoms with Crippen molar-refractivity contribution in [2.75, 3.05) is 0 Å². The van der Waals surface area contributed by atoms with Gasteiger partial charge in [0.15, 0.2) is 0 Å². The maximum atomic E-state index is 13.4. The molecule has 0 fully saturated rings. The van der Waals surface area contributed by atoms with Crippen molar-refractivity contribution in [3.8, 4) is 0 Å². The maximum absolute atomic E-state index is 13.4. The fraction of sp³-hybridized carbons (Fsp3) is 0.464. The number of rotatable bonds is 12. The molecule has 0 aliphatic rings. The number of nitrogens with one attached hydrogen (secondary N) is 1. The van der Waals surface area contributed by atoms with Crippen LogP contribution in [-0.4, -0.2) is 33.9 Å². The summed E-state index contributed by atoms with van der Waals surface area (Å²) in [6.07, 6.45) is 1.69. The molecule has 0 aromatic heterocycles. The van der Waals surface area contributed by atoms with Crippen molar-refractivity contribution in [3.63, 3.8) is 0 Å². The number of amides is 1. The van der Waals surface area contributed by atoms with E-state index in [9.17, 15) is 18.3 Å². The van der Waals surface area contributed by atoms with E-state index < -0.39 is 36.5 Å². The van der Waals surface area contributed by atoms with E-state index >= 15 is 0 Å². The highest BCUT2D eigenvalue weighted by molar-refractivity contribution is 7.90. The van der Waals surface area contributed by atoms with Crippen molar-refractivity contribution in [3.05, 3.63) is 77.9 Å². The first kappa shape index (κ1) is 30.0. The van der Waals surface area contributed by atoms with Gasteiger partial charge in [-0.25, -0.2) is 13.1 Å². The number of carbonyl (C=O) groups is 1. The summed E-state index contributed by atoms with van der Waals surface area (Å²) >= 11 is 0. The van der Waals surface area contributed by atoms with Crippen molar-refractivity contribution in [2.45, 2.75) is 88.6 Å². The molecule has 0 aliphatic heterocycles. The third-order valence-electron chi connectivity index (χ3n) is 6.72. The fourth-order valence-corrected chi connectivity index (χ4v) is 11.4. The molecule has 0 bridgehead atoms. The van der Waals surface area contributed by atoms with E-state index in [1.54, 1.807) is 24.3 Å². The van der Waals surface area contributed by atoms with Gasteiger partial charge >= 0.3 is 0 Å². The molecule has 0 saturated carbocycles. The molecule has 0 unspecified atom stereocenters. The number of hydrogen-bond acceptors (Lipinski definition) is 5. The van der Waals surface area contributed by atoms with Gasteiger partial charge in [-0.1, -0.05) is 102 Å². The van der Waals surface area contributed by atoms with Crippen molar-refractivity contribution >= 4 is 24.2 Å². The Labute approximate surface area is 218 Å². The van der Waals surface area contributed by atoms with Crippen LogP contribution in [0.4, 0.5) is 0 Å². The topological polar surface area (TPSA) is 92.7 Å². The van der Waals surface area contributed by atoms with Crippen molar-refractivity contribution in [2.24, 2.45) is 0 Å². The molecule has 2 atom stereocenters. The Balaban J connectivity index is 2.37. The zero-order valence-corrected chi connectivity index (χ0v) is 24.2. The zero-order valence-electron chi connectivity index (χ0n) is 22.4. The Morgan fingerprint density at radius 1 is 0.944 bits per heavy atom. The number of hydrogen-bond donors (Lipinski definition) is 2. The molecule has 0 heterocycles. The zero-order chi connectivity index (χ0) is 27.1. The Hall–Kier alpha value is -2.26. The van der Waals surface area contributed by atoms with Crippen LogP contribution in [-0.2, 0) is 19.2 Å². The Kier molecular flexibility index (Phi) is 10.7. The SMILES string of the molecule is Cc1ccc(S(=O)(=O)NC(=O)[C@H](/C=C\C[C@@H](O)c2ccccc2)O[Si](C(C)C)(C(C)C)C(C)C)cc1. The van der Waals surface area contributed by atoms with E-state index in [1.165, 1.54) is 12.1 Å². The summed E-state index contributed by atoms with van der Waals surface area (Å²) < 4.78 is 34.8. The smallest absolute Gasteiger partial charge is 0.265 e. The number of aryl methyl sites for hydroxylation is 1. The second kappa shape index (κ2) is 12.8. The first-order valence-electron chi connectivity index (χ1n) is 12.5. The van der Waals surface area contributed by atoms with E-state index in [0.29, 0.717) is 0 Å². The highest BCUT2D eigenvalue weighted by atomic mass is 32.2. The highest BCUT2D eigenvalue weighted by Crippen LogP contribution is 2.43. The third-order valence-corrected chi connectivity index (χ3v) is 14.2. The predicted octanol–water partition coefficient (Wildman–Crippen LogP) is 6.04. The summed E-state index contributed by atoms with van der Waals surface area (Å²) in [6.45, 7) is 14.5. The van der Waals surface area contributed by atoms with Crippen LogP contribution < -0.4 is 4.72 Å². The van der Waals surface area contributed by atoms with Gasteiger partial charge in [0, 0.05) is 0 Å². The van der Waals surface area contributed by atoms with E-state index in [2.05, 4.69) is 46.3 Å². The fourth-order valence-electron chi connectivity index (χ4n) is 4.92. The highest BCUT2D eigenvalue weighted by Gasteiger charge is 2.47. The van der Waals surface area contributed by atoms with Gasteiger partial charge in [-0.05, 0) is 47.7 Å². The molecular formula is C28H41NO5SSi. The monoisotopic (exact) mass is 531 g/mol. The Bertz CT molecular complexity index is 1090. The minimum atomic E-state index is -4.07. The van der Waals surface area contributed by atoms with Crippen LogP contribution in [0.15, 0.2) is 71.6 Å². The quantitative estimate of drug-likeness (QED) is 0.257. The van der Waals surface area contributed by atoms with Gasteiger partial charge in [-0.2, -0.15) is 0 Å². The van der Waals surface area contributed by atoms with Gasteiger partial charge in [0.25, 0.3) is 15.9 Å². The number of benzene rings is 2. The van der Waals surface area contributed by atoms with Crippen LogP contribution >= 0.6 is 0 Å². The van der Waals surface area contributed by atoms with Gasteiger partial charge < -0.3 is 9.53 Å². The summed E-state index contributed by atoms with van der Waals surface area (Å²) in [4.78, 5) is 13.4. The summed E-state index contributed by atoms with van der Waals surface area (Å²) in [5.41, 5.74) is 2.28. The first-order valence-corrected chi connectivity index (χ1v) is 16.1. The molecule has 2 aromatic rings. The molecule has 8 heteroatoms. The molecule has 0 aliphatic carbocycles. The second-order valence-electron chi connectivity index (χ2n) is 10.2. The van der Waals surface area contributed by atoms with Crippen LogP contribution in [0.25, 0.3) is 0 Å². The maximum Gasteiger partial charge on any atom is 0.265 e. The van der Waals surface area contributed by atoms with Crippen molar-refractivity contribution in [1.29, 1.82) is 0 Å². The van der Waals surface area contributed by atoms with Gasteiger partial charge in [-0.3, -0.25) is 4.79 Å². The molecule has 0 saturated heterocycles. The summed E-state index contributed by atoms with van der Waals surface area (Å²) in [7, 11) is -6.60. The lowest BCUT2D eigenvalue weighted by molar-refractivity contribution is -0.124. The van der Waals surface area contributed by atoms with E-state index in [1.807, 2.05) is 37.3 Å². The molecule has 1 amide bonds. The molecule has 36 heavy (non-hydrogen) atoms. The molecule has 198 valence electrons. The second-order valence-corrected chi connectivity index (χ2v) is 17.3. The number of aliphatic hydroxyl groups is 1. The number of sulfonamides is 1. The van der Waals surface area contributed by atoms with Gasteiger partial charge in [0.2, 0.25) is 8.32 Å². The lowest BCUT2D eigenvalue weighted by Gasteiger charge is -2.43. The van der Waals surface area contributed by atoms with Gasteiger partial charge in [0.05, 0.1) is 11.0 Å². The first-order chi connectivity index (χ1) is 16.8. The van der Waals surface area contributed by atoms with Crippen LogP contribution in [0.5, 0.6) is 0 Å². The van der Waals surface area contributed by atoms with E-state index in [-0.39, 0.29) is 27.9 Å². The van der Waals surface area contributed by atoms with Crippen molar-refractivity contribution < 1.29 is 22.7 Å². The normalized spacial score (nSPS) is 14.5. The average molecular weight is 532 g/mol. The molecule has 0 spiro atoms. The van der Waals surface area contributed by atoms with Gasteiger partial charge in [0.1, 0.15) is 6.10 Å². The van der Waals surface area contributed by atoms with E-state index in [0.717, 1.165) is 11.1 Å². The average Bonchev–Trinajstić information content (AvgIpc) is 2.80. The van der Waals surface area contributed by atoms with Crippen LogP contribution in [0.2, 0.25) is 16.6 Å². The molecule has 2 N–H and O–H groups in total. The number of carbonyl (C=O) groups excluding carboxylic acids is 1. The van der Waals surface area contributed by atoms with Crippen LogP contribution in [0.1, 0.15) is 65.2 Å². The molecule has 0 radical (unpaired) electrons. The van der Waals surface area contributed by atoms with E-state index in [4.69, 9.17) is 4.43 Å². The lowest BCUT2D eigenvalue weighted by Crippen LogP contribution is -2.53. The summed E-state index contributed by atoms with van der Waals surface area (Å²) in [5.74, 6) is -0.736. The van der Waals surface area contributed by atoms with Gasteiger partial charge in [-0.15, -0.1) is 0 Å². The molecule has 6 nitrogen and oxygen atoms in total. The molecule has 2 rings (SSSR count). The molecule has 2 aromatic carbocycles. The van der Waals surface area contributed by atoms with Crippen molar-refractivity contribution in [1.82, 2.24) is 4.72 Å². The van der Waals surface area contributed by atoms with Crippen LogP contribution in [0, 0.1) is 6.92 Å². The lowest BCUT2D eigenvalue weighted by atomic mass is 10.1. The predicted molar refractivity (Wildman–Crippen MR) is 148 cm³/mol.